The van der Waals surface area contributed by atoms with Crippen molar-refractivity contribution in [2.45, 2.75) is 50.7 Å². The van der Waals surface area contributed by atoms with Gasteiger partial charge < -0.3 is 19.5 Å². The Hall–Kier alpha value is -3.22. The van der Waals surface area contributed by atoms with Crippen LogP contribution in [0.2, 0.25) is 0 Å². The van der Waals surface area contributed by atoms with Crippen LogP contribution in [0.1, 0.15) is 42.7 Å². The summed E-state index contributed by atoms with van der Waals surface area (Å²) in [6, 6.07) is 19.6. The molecule has 1 amide bonds. The molecule has 37 heavy (non-hydrogen) atoms. The molecule has 6 nitrogen and oxygen atoms in total. The molecule has 1 saturated heterocycles. The van der Waals surface area contributed by atoms with Crippen LogP contribution in [0.15, 0.2) is 67.0 Å². The summed E-state index contributed by atoms with van der Waals surface area (Å²) in [5.74, 6) is 0.454. The number of carbonyl (C=O) groups excluding carboxylic acids is 1. The van der Waals surface area contributed by atoms with Gasteiger partial charge in [0.05, 0.1) is 11.4 Å². The molecule has 0 radical (unpaired) electrons. The van der Waals surface area contributed by atoms with Gasteiger partial charge in [-0.25, -0.2) is 0 Å². The summed E-state index contributed by atoms with van der Waals surface area (Å²) in [6.07, 6.45) is 8.24. The first-order valence-corrected chi connectivity index (χ1v) is 13.6. The van der Waals surface area contributed by atoms with Gasteiger partial charge in [0, 0.05) is 68.1 Å². The second-order valence-electron chi connectivity index (χ2n) is 10.6. The van der Waals surface area contributed by atoms with Gasteiger partial charge in [-0.1, -0.05) is 30.3 Å². The number of hydrogen-bond acceptors (Lipinski definition) is 4. The van der Waals surface area contributed by atoms with Crippen molar-refractivity contribution in [3.8, 4) is 0 Å². The van der Waals surface area contributed by atoms with Gasteiger partial charge in [-0.2, -0.15) is 0 Å². The van der Waals surface area contributed by atoms with Gasteiger partial charge >= 0.3 is 0 Å². The van der Waals surface area contributed by atoms with Crippen molar-refractivity contribution in [2.75, 3.05) is 26.8 Å². The Morgan fingerprint density at radius 1 is 1.14 bits per heavy atom. The van der Waals surface area contributed by atoms with Crippen molar-refractivity contribution in [1.82, 2.24) is 19.8 Å². The molecule has 3 heterocycles. The molecule has 0 bridgehead atoms. The quantitative estimate of drug-likeness (QED) is 0.327. The van der Waals surface area contributed by atoms with E-state index in [-0.39, 0.29) is 11.8 Å². The van der Waals surface area contributed by atoms with E-state index in [0.29, 0.717) is 18.5 Å². The molecule has 0 unspecified atom stereocenters. The molecule has 192 valence electrons. The van der Waals surface area contributed by atoms with Crippen LogP contribution in [0.25, 0.3) is 21.8 Å². The maximum Gasteiger partial charge on any atom is 0.228 e. The molecule has 2 aliphatic rings. The predicted octanol–water partition coefficient (Wildman–Crippen LogP) is 5.11. The zero-order valence-corrected chi connectivity index (χ0v) is 21.6. The third kappa shape index (κ3) is 5.00. The van der Waals surface area contributed by atoms with E-state index in [0.717, 1.165) is 62.8 Å². The van der Waals surface area contributed by atoms with Gasteiger partial charge in [0.1, 0.15) is 0 Å². The standard InChI is InChI=1S/C31H36N4O2/c1-37-17-5-16-34-20-24(27-7-2-3-8-30(27)34)21-35(25-10-11-25)31(36)28-19-32-15-13-26(28)22-9-12-29-23(18-22)6-4-14-33-29/h2-4,6-9,12,14,18,20,25-26,28,32H,5,10-11,13,15-17,19,21H2,1H3/t26-,28+/m1/s1. The molecule has 2 atom stereocenters. The summed E-state index contributed by atoms with van der Waals surface area (Å²) in [5.41, 5.74) is 4.74. The van der Waals surface area contributed by atoms with Crippen LogP contribution in [0, 0.1) is 5.92 Å². The molecule has 0 spiro atoms. The number of ether oxygens (including phenoxy) is 1. The van der Waals surface area contributed by atoms with E-state index in [1.165, 1.54) is 22.0 Å². The number of nitrogens with zero attached hydrogens (tertiary/aromatic N) is 3. The van der Waals surface area contributed by atoms with Crippen molar-refractivity contribution >= 4 is 27.7 Å². The minimum absolute atomic E-state index is 0.0569. The highest BCUT2D eigenvalue weighted by Crippen LogP contribution is 2.37. The molecule has 2 fully saturated rings. The van der Waals surface area contributed by atoms with Crippen LogP contribution in [0.3, 0.4) is 0 Å². The average molecular weight is 497 g/mol. The van der Waals surface area contributed by atoms with Crippen molar-refractivity contribution in [1.29, 1.82) is 0 Å². The molecule has 6 heteroatoms. The second-order valence-corrected chi connectivity index (χ2v) is 10.6. The highest BCUT2D eigenvalue weighted by molar-refractivity contribution is 5.86. The topological polar surface area (TPSA) is 59.4 Å². The molecule has 1 N–H and O–H groups in total. The van der Waals surface area contributed by atoms with E-state index in [1.54, 1.807) is 7.11 Å². The Morgan fingerprint density at radius 2 is 2.03 bits per heavy atom. The summed E-state index contributed by atoms with van der Waals surface area (Å²) in [4.78, 5) is 20.9. The third-order valence-electron chi connectivity index (χ3n) is 8.08. The fourth-order valence-corrected chi connectivity index (χ4v) is 6.02. The lowest BCUT2D eigenvalue weighted by molar-refractivity contribution is -0.138. The monoisotopic (exact) mass is 496 g/mol. The zero-order chi connectivity index (χ0) is 25.2. The van der Waals surface area contributed by atoms with E-state index in [1.807, 2.05) is 12.3 Å². The van der Waals surface area contributed by atoms with Crippen LogP contribution >= 0.6 is 0 Å². The second kappa shape index (κ2) is 10.6. The first kappa shape index (κ1) is 24.1. The number of hydrogen-bond donors (Lipinski definition) is 1. The lowest BCUT2D eigenvalue weighted by Crippen LogP contribution is -2.47. The summed E-state index contributed by atoms with van der Waals surface area (Å²) in [7, 11) is 1.75. The SMILES string of the molecule is COCCCn1cc(CN(C(=O)[C@H]2CNCC[C@@H]2c2ccc3ncccc3c2)C2CC2)c2ccccc21. The number of piperidine rings is 1. The Bertz CT molecular complexity index is 1390. The lowest BCUT2D eigenvalue weighted by Gasteiger charge is -2.36. The van der Waals surface area contributed by atoms with Gasteiger partial charge in [0.2, 0.25) is 5.91 Å². The van der Waals surface area contributed by atoms with Crippen LogP contribution in [-0.4, -0.2) is 53.2 Å². The molecular weight excluding hydrogens is 460 g/mol. The summed E-state index contributed by atoms with van der Waals surface area (Å²) < 4.78 is 7.61. The number of nitrogens with one attached hydrogen (secondary N) is 1. The van der Waals surface area contributed by atoms with Gasteiger partial charge in [0.15, 0.2) is 0 Å². The van der Waals surface area contributed by atoms with E-state index >= 15 is 0 Å². The van der Waals surface area contributed by atoms with E-state index < -0.39 is 0 Å². The Labute approximate surface area is 218 Å². The number of fused-ring (bicyclic) bond motifs is 2. The summed E-state index contributed by atoms with van der Waals surface area (Å²) >= 11 is 0. The minimum Gasteiger partial charge on any atom is -0.385 e. The average Bonchev–Trinajstić information content (AvgIpc) is 3.74. The van der Waals surface area contributed by atoms with Crippen LogP contribution < -0.4 is 5.32 Å². The highest BCUT2D eigenvalue weighted by Gasteiger charge is 2.40. The molecule has 1 aliphatic heterocycles. The van der Waals surface area contributed by atoms with Crippen LogP contribution in [-0.2, 0) is 22.6 Å². The van der Waals surface area contributed by atoms with Gasteiger partial charge in [-0.05, 0) is 73.5 Å². The minimum atomic E-state index is -0.0569. The van der Waals surface area contributed by atoms with Crippen LogP contribution in [0.4, 0.5) is 0 Å². The van der Waals surface area contributed by atoms with Crippen molar-refractivity contribution in [3.05, 3.63) is 78.1 Å². The zero-order valence-electron chi connectivity index (χ0n) is 21.6. The van der Waals surface area contributed by atoms with Crippen molar-refractivity contribution in [2.24, 2.45) is 5.92 Å². The molecular formula is C31H36N4O2. The largest absolute Gasteiger partial charge is 0.385 e. The molecule has 1 aliphatic carbocycles. The molecule has 1 saturated carbocycles. The van der Waals surface area contributed by atoms with E-state index in [2.05, 4.69) is 74.5 Å². The van der Waals surface area contributed by atoms with Gasteiger partial charge in [-0.3, -0.25) is 9.78 Å². The van der Waals surface area contributed by atoms with Crippen LogP contribution in [0.5, 0.6) is 0 Å². The van der Waals surface area contributed by atoms with Crippen molar-refractivity contribution < 1.29 is 9.53 Å². The maximum atomic E-state index is 14.2. The number of pyridine rings is 1. The van der Waals surface area contributed by atoms with E-state index in [4.69, 9.17) is 4.74 Å². The van der Waals surface area contributed by atoms with E-state index in [9.17, 15) is 4.79 Å². The normalized spacial score (nSPS) is 19.9. The fourth-order valence-electron chi connectivity index (χ4n) is 6.02. The Kier molecular flexibility index (Phi) is 6.94. The number of aryl methyl sites for hydroxylation is 1. The number of carbonyl (C=O) groups is 1. The fraction of sp³-hybridized carbons (Fsp3) is 0.419. The molecule has 2 aromatic heterocycles. The molecule has 4 aromatic rings. The number of aromatic nitrogens is 2. The number of para-hydroxylation sites is 1. The third-order valence-corrected chi connectivity index (χ3v) is 8.08. The smallest absolute Gasteiger partial charge is 0.228 e. The van der Waals surface area contributed by atoms with Crippen molar-refractivity contribution in [3.63, 3.8) is 0 Å². The number of methoxy groups -OCH3 is 1. The number of rotatable bonds is 9. The van der Waals surface area contributed by atoms with Gasteiger partial charge in [0.25, 0.3) is 0 Å². The lowest BCUT2D eigenvalue weighted by atomic mass is 9.80. The molecule has 6 rings (SSSR count). The van der Waals surface area contributed by atoms with Gasteiger partial charge in [-0.15, -0.1) is 0 Å². The first-order valence-electron chi connectivity index (χ1n) is 13.6. The summed E-state index contributed by atoms with van der Waals surface area (Å²) in [5, 5.41) is 5.91. The Balaban J connectivity index is 1.28. The highest BCUT2D eigenvalue weighted by atomic mass is 16.5. The summed E-state index contributed by atoms with van der Waals surface area (Å²) in [6.45, 7) is 4.01. The predicted molar refractivity (Wildman–Crippen MR) is 147 cm³/mol. The number of benzene rings is 2. The molecule has 2 aromatic carbocycles. The Morgan fingerprint density at radius 3 is 2.89 bits per heavy atom. The number of amides is 1. The maximum absolute atomic E-state index is 14.2. The first-order chi connectivity index (χ1) is 18.2.